The molecule has 0 amide bonds. The molecule has 5 heteroatoms. The molecule has 0 unspecified atom stereocenters. The fourth-order valence-corrected chi connectivity index (χ4v) is 3.43. The van der Waals surface area contributed by atoms with Crippen molar-refractivity contribution in [3.63, 3.8) is 0 Å². The van der Waals surface area contributed by atoms with Gasteiger partial charge in [0.25, 0.3) is 0 Å². The summed E-state index contributed by atoms with van der Waals surface area (Å²) in [7, 11) is 3.34. The Hall–Kier alpha value is -2.40. The van der Waals surface area contributed by atoms with E-state index in [1.54, 1.807) is 14.2 Å². The Kier molecular flexibility index (Phi) is 5.89. The SMILES string of the molecule is CCOc1ccc([C@H]2NCCc3cc(OC)c(OC)cc32)cc1OCC. The van der Waals surface area contributed by atoms with Gasteiger partial charge < -0.3 is 24.3 Å². The van der Waals surface area contributed by atoms with Crippen LogP contribution in [0.4, 0.5) is 0 Å². The van der Waals surface area contributed by atoms with Gasteiger partial charge in [0.1, 0.15) is 0 Å². The number of benzene rings is 2. The third-order valence-corrected chi connectivity index (χ3v) is 4.60. The average molecular weight is 357 g/mol. The van der Waals surface area contributed by atoms with Crippen molar-refractivity contribution in [1.29, 1.82) is 0 Å². The van der Waals surface area contributed by atoms with E-state index in [1.807, 2.05) is 19.9 Å². The summed E-state index contributed by atoms with van der Waals surface area (Å²) >= 11 is 0. The van der Waals surface area contributed by atoms with Gasteiger partial charge >= 0.3 is 0 Å². The maximum atomic E-state index is 5.79. The minimum Gasteiger partial charge on any atom is -0.493 e. The Morgan fingerprint density at radius 2 is 1.58 bits per heavy atom. The van der Waals surface area contributed by atoms with E-state index in [-0.39, 0.29) is 6.04 Å². The molecule has 1 aliphatic heterocycles. The highest BCUT2D eigenvalue weighted by molar-refractivity contribution is 5.53. The summed E-state index contributed by atoms with van der Waals surface area (Å²) in [6.07, 6.45) is 0.960. The van der Waals surface area contributed by atoms with Crippen LogP contribution in [0.2, 0.25) is 0 Å². The standard InChI is InChI=1S/C21H27NO4/c1-5-25-17-8-7-15(12-20(17)26-6-2)21-16-13-19(24-4)18(23-3)11-14(16)9-10-22-21/h7-8,11-13,21-22H,5-6,9-10H2,1-4H3/t21-/m1/s1. The van der Waals surface area contributed by atoms with Crippen LogP contribution in [0.15, 0.2) is 30.3 Å². The predicted molar refractivity (Wildman–Crippen MR) is 102 cm³/mol. The molecule has 2 aromatic carbocycles. The lowest BCUT2D eigenvalue weighted by Crippen LogP contribution is -2.30. The second kappa shape index (κ2) is 8.32. The summed E-state index contributed by atoms with van der Waals surface area (Å²) in [5, 5.41) is 3.61. The Morgan fingerprint density at radius 3 is 2.27 bits per heavy atom. The van der Waals surface area contributed by atoms with Crippen LogP contribution in [-0.2, 0) is 6.42 Å². The highest BCUT2D eigenvalue weighted by atomic mass is 16.5. The maximum absolute atomic E-state index is 5.79. The van der Waals surface area contributed by atoms with Crippen molar-refractivity contribution in [2.45, 2.75) is 26.3 Å². The lowest BCUT2D eigenvalue weighted by atomic mass is 9.89. The van der Waals surface area contributed by atoms with Crippen molar-refractivity contribution in [1.82, 2.24) is 5.32 Å². The first-order chi connectivity index (χ1) is 12.7. The third kappa shape index (κ3) is 3.58. The number of ether oxygens (including phenoxy) is 4. The van der Waals surface area contributed by atoms with Crippen LogP contribution >= 0.6 is 0 Å². The highest BCUT2D eigenvalue weighted by Crippen LogP contribution is 2.39. The van der Waals surface area contributed by atoms with E-state index in [0.717, 1.165) is 41.5 Å². The third-order valence-electron chi connectivity index (χ3n) is 4.60. The molecule has 1 heterocycles. The molecular formula is C21H27NO4. The van der Waals surface area contributed by atoms with Crippen molar-refractivity contribution in [2.75, 3.05) is 34.0 Å². The molecule has 0 saturated carbocycles. The maximum Gasteiger partial charge on any atom is 0.161 e. The molecule has 140 valence electrons. The first-order valence-corrected chi connectivity index (χ1v) is 9.09. The lowest BCUT2D eigenvalue weighted by molar-refractivity contribution is 0.287. The molecule has 0 fully saturated rings. The molecular weight excluding hydrogens is 330 g/mol. The van der Waals surface area contributed by atoms with Gasteiger partial charge in [-0.25, -0.2) is 0 Å². The van der Waals surface area contributed by atoms with E-state index >= 15 is 0 Å². The summed E-state index contributed by atoms with van der Waals surface area (Å²) in [5.41, 5.74) is 3.63. The molecule has 0 saturated heterocycles. The number of hydrogen-bond donors (Lipinski definition) is 1. The number of fused-ring (bicyclic) bond motifs is 1. The van der Waals surface area contributed by atoms with E-state index in [9.17, 15) is 0 Å². The zero-order chi connectivity index (χ0) is 18.5. The Morgan fingerprint density at radius 1 is 0.885 bits per heavy atom. The van der Waals surface area contributed by atoms with Crippen molar-refractivity contribution in [3.05, 3.63) is 47.0 Å². The molecule has 2 aromatic rings. The number of hydrogen-bond acceptors (Lipinski definition) is 5. The van der Waals surface area contributed by atoms with Crippen molar-refractivity contribution in [3.8, 4) is 23.0 Å². The first-order valence-electron chi connectivity index (χ1n) is 9.09. The van der Waals surface area contributed by atoms with E-state index < -0.39 is 0 Å². The van der Waals surface area contributed by atoms with Gasteiger partial charge in [0.2, 0.25) is 0 Å². The second-order valence-corrected chi connectivity index (χ2v) is 6.12. The van der Waals surface area contributed by atoms with Crippen LogP contribution in [0.5, 0.6) is 23.0 Å². The number of rotatable bonds is 7. The van der Waals surface area contributed by atoms with Gasteiger partial charge in [-0.2, -0.15) is 0 Å². The van der Waals surface area contributed by atoms with E-state index in [0.29, 0.717) is 13.2 Å². The Labute approximate surface area is 155 Å². The van der Waals surface area contributed by atoms with E-state index in [4.69, 9.17) is 18.9 Å². The van der Waals surface area contributed by atoms with E-state index in [2.05, 4.69) is 29.6 Å². The van der Waals surface area contributed by atoms with Gasteiger partial charge in [0.15, 0.2) is 23.0 Å². The Bertz CT molecular complexity index is 760. The smallest absolute Gasteiger partial charge is 0.161 e. The molecule has 26 heavy (non-hydrogen) atoms. The summed E-state index contributed by atoms with van der Waals surface area (Å²) in [6.45, 7) is 6.07. The quantitative estimate of drug-likeness (QED) is 0.818. The Balaban J connectivity index is 2.02. The minimum atomic E-state index is 0.0773. The van der Waals surface area contributed by atoms with Crippen LogP contribution in [0.3, 0.4) is 0 Å². The molecule has 1 N–H and O–H groups in total. The van der Waals surface area contributed by atoms with Gasteiger partial charge in [0, 0.05) is 6.54 Å². The van der Waals surface area contributed by atoms with Crippen molar-refractivity contribution < 1.29 is 18.9 Å². The van der Waals surface area contributed by atoms with Crippen LogP contribution < -0.4 is 24.3 Å². The highest BCUT2D eigenvalue weighted by Gasteiger charge is 2.25. The average Bonchev–Trinajstić information content (AvgIpc) is 2.68. The number of methoxy groups -OCH3 is 2. The minimum absolute atomic E-state index is 0.0773. The first kappa shape index (κ1) is 18.4. The molecule has 0 radical (unpaired) electrons. The lowest BCUT2D eigenvalue weighted by Gasteiger charge is -2.29. The monoisotopic (exact) mass is 357 g/mol. The fraction of sp³-hybridized carbons (Fsp3) is 0.429. The van der Waals surface area contributed by atoms with Crippen LogP contribution in [0, 0.1) is 0 Å². The molecule has 0 spiro atoms. The summed E-state index contributed by atoms with van der Waals surface area (Å²) in [4.78, 5) is 0. The summed E-state index contributed by atoms with van der Waals surface area (Å²) < 4.78 is 22.4. The molecule has 0 bridgehead atoms. The summed E-state index contributed by atoms with van der Waals surface area (Å²) in [6, 6.07) is 10.4. The second-order valence-electron chi connectivity index (χ2n) is 6.12. The van der Waals surface area contributed by atoms with Gasteiger partial charge in [0.05, 0.1) is 33.5 Å². The largest absolute Gasteiger partial charge is 0.493 e. The number of nitrogens with one attached hydrogen (secondary N) is 1. The summed E-state index contributed by atoms with van der Waals surface area (Å²) in [5.74, 6) is 3.08. The van der Waals surface area contributed by atoms with Crippen LogP contribution in [0.25, 0.3) is 0 Å². The normalized spacial score (nSPS) is 15.9. The molecule has 3 rings (SSSR count). The van der Waals surface area contributed by atoms with Crippen LogP contribution in [0.1, 0.15) is 36.6 Å². The van der Waals surface area contributed by atoms with Crippen LogP contribution in [-0.4, -0.2) is 34.0 Å². The topological polar surface area (TPSA) is 49.0 Å². The predicted octanol–water partition coefficient (Wildman–Crippen LogP) is 3.74. The molecule has 1 aliphatic rings. The van der Waals surface area contributed by atoms with E-state index in [1.165, 1.54) is 11.1 Å². The van der Waals surface area contributed by atoms with Gasteiger partial charge in [-0.05, 0) is 61.2 Å². The van der Waals surface area contributed by atoms with Gasteiger partial charge in [-0.3, -0.25) is 0 Å². The zero-order valence-electron chi connectivity index (χ0n) is 15.9. The van der Waals surface area contributed by atoms with Crippen molar-refractivity contribution >= 4 is 0 Å². The molecule has 0 aromatic heterocycles. The molecule has 0 aliphatic carbocycles. The van der Waals surface area contributed by atoms with Gasteiger partial charge in [-0.1, -0.05) is 6.07 Å². The molecule has 1 atom stereocenters. The zero-order valence-corrected chi connectivity index (χ0v) is 15.9. The van der Waals surface area contributed by atoms with Crippen molar-refractivity contribution in [2.24, 2.45) is 0 Å². The van der Waals surface area contributed by atoms with Gasteiger partial charge in [-0.15, -0.1) is 0 Å². The molecule has 5 nitrogen and oxygen atoms in total. The fourth-order valence-electron chi connectivity index (χ4n) is 3.43.